The molecule has 0 radical (unpaired) electrons. The summed E-state index contributed by atoms with van der Waals surface area (Å²) in [7, 11) is 5.32. The van der Waals surface area contributed by atoms with E-state index in [1.165, 1.54) is 5.39 Å². The Morgan fingerprint density at radius 2 is 1.95 bits per heavy atom. The van der Waals surface area contributed by atoms with Crippen LogP contribution in [0.3, 0.4) is 0 Å². The molecular formula is C16H25N3O2. The molecule has 0 fully saturated rings. The van der Waals surface area contributed by atoms with E-state index in [0.29, 0.717) is 0 Å². The van der Waals surface area contributed by atoms with Crippen molar-refractivity contribution < 1.29 is 9.47 Å². The highest BCUT2D eigenvalue weighted by Gasteiger charge is 2.23. The molecule has 0 amide bonds. The largest absolute Gasteiger partial charge is 0.354 e. The number of benzene rings is 1. The molecule has 0 aliphatic rings. The first-order chi connectivity index (χ1) is 10.2. The van der Waals surface area contributed by atoms with Crippen molar-refractivity contribution in [3.05, 3.63) is 30.0 Å². The Morgan fingerprint density at radius 3 is 2.62 bits per heavy atom. The number of fused-ring (bicyclic) bond motifs is 1. The second-order valence-corrected chi connectivity index (χ2v) is 5.19. The van der Waals surface area contributed by atoms with E-state index >= 15 is 0 Å². The topological polar surface area (TPSA) is 48.3 Å². The van der Waals surface area contributed by atoms with Crippen molar-refractivity contribution >= 4 is 10.9 Å². The molecule has 1 N–H and O–H groups in total. The lowest BCUT2D eigenvalue weighted by molar-refractivity contribution is -0.122. The van der Waals surface area contributed by atoms with Gasteiger partial charge in [0.25, 0.3) is 0 Å². The van der Waals surface area contributed by atoms with Gasteiger partial charge in [0.15, 0.2) is 6.29 Å². The van der Waals surface area contributed by atoms with Crippen LogP contribution in [0.2, 0.25) is 0 Å². The van der Waals surface area contributed by atoms with Crippen molar-refractivity contribution in [1.29, 1.82) is 0 Å². The Bertz CT molecular complexity index is 564. The standard InChI is InChI=1S/C16H25N3O2/c1-5-10-17-14(16(20-3)21-4)11-13-12-8-6-7-9-15(12)19(2)18-13/h6-9,14,16-17H,5,10-11H2,1-4H3. The molecule has 1 aromatic heterocycles. The minimum Gasteiger partial charge on any atom is -0.354 e. The predicted molar refractivity (Wildman–Crippen MR) is 84.3 cm³/mol. The summed E-state index contributed by atoms with van der Waals surface area (Å²) in [4.78, 5) is 0. The first-order valence-electron chi connectivity index (χ1n) is 7.40. The minimum atomic E-state index is -0.280. The maximum absolute atomic E-state index is 5.43. The predicted octanol–water partition coefficient (Wildman–Crippen LogP) is 2.10. The summed E-state index contributed by atoms with van der Waals surface area (Å²) < 4.78 is 12.8. The summed E-state index contributed by atoms with van der Waals surface area (Å²) in [5.74, 6) is 0. The number of hydrogen-bond acceptors (Lipinski definition) is 4. The maximum atomic E-state index is 5.43. The van der Waals surface area contributed by atoms with E-state index in [0.717, 1.165) is 30.6 Å². The molecule has 2 rings (SSSR count). The van der Waals surface area contributed by atoms with E-state index < -0.39 is 0 Å². The van der Waals surface area contributed by atoms with Crippen LogP contribution in [0.15, 0.2) is 24.3 Å². The number of para-hydroxylation sites is 1. The van der Waals surface area contributed by atoms with Gasteiger partial charge in [-0.2, -0.15) is 5.10 Å². The molecule has 0 saturated heterocycles. The molecular weight excluding hydrogens is 266 g/mol. The number of nitrogens with one attached hydrogen (secondary N) is 1. The van der Waals surface area contributed by atoms with Gasteiger partial charge in [0, 0.05) is 33.1 Å². The monoisotopic (exact) mass is 291 g/mol. The lowest BCUT2D eigenvalue weighted by Gasteiger charge is -2.25. The summed E-state index contributed by atoms with van der Waals surface area (Å²) in [6.07, 6.45) is 1.56. The molecule has 0 aliphatic heterocycles. The number of methoxy groups -OCH3 is 2. The fraction of sp³-hybridized carbons (Fsp3) is 0.562. The third-order valence-corrected chi connectivity index (χ3v) is 3.70. The van der Waals surface area contributed by atoms with E-state index in [4.69, 9.17) is 9.47 Å². The van der Waals surface area contributed by atoms with Crippen molar-refractivity contribution in [2.75, 3.05) is 20.8 Å². The molecule has 1 atom stereocenters. The summed E-state index contributed by atoms with van der Waals surface area (Å²) >= 11 is 0. The van der Waals surface area contributed by atoms with Crippen molar-refractivity contribution in [2.24, 2.45) is 7.05 Å². The van der Waals surface area contributed by atoms with Crippen LogP contribution in [0.5, 0.6) is 0 Å². The zero-order valence-electron chi connectivity index (χ0n) is 13.3. The summed E-state index contributed by atoms with van der Waals surface area (Å²) in [6, 6.07) is 8.37. The summed E-state index contributed by atoms with van der Waals surface area (Å²) in [5, 5.41) is 9.34. The van der Waals surface area contributed by atoms with E-state index in [-0.39, 0.29) is 12.3 Å². The highest BCUT2D eigenvalue weighted by atomic mass is 16.7. The molecule has 1 unspecified atom stereocenters. The van der Waals surface area contributed by atoms with Crippen LogP contribution in [0.1, 0.15) is 19.0 Å². The molecule has 1 aromatic carbocycles. The third kappa shape index (κ3) is 3.61. The maximum Gasteiger partial charge on any atom is 0.172 e. The van der Waals surface area contributed by atoms with E-state index in [2.05, 4.69) is 29.5 Å². The summed E-state index contributed by atoms with van der Waals surface area (Å²) in [5.41, 5.74) is 2.22. The molecule has 0 aliphatic carbocycles. The van der Waals surface area contributed by atoms with Gasteiger partial charge < -0.3 is 14.8 Å². The summed E-state index contributed by atoms with van der Waals surface area (Å²) in [6.45, 7) is 3.08. The van der Waals surface area contributed by atoms with Crippen LogP contribution in [0, 0.1) is 0 Å². The number of aryl methyl sites for hydroxylation is 1. The third-order valence-electron chi connectivity index (χ3n) is 3.70. The van der Waals surface area contributed by atoms with Crippen molar-refractivity contribution in [2.45, 2.75) is 32.1 Å². The van der Waals surface area contributed by atoms with Gasteiger partial charge in [-0.25, -0.2) is 0 Å². The zero-order valence-corrected chi connectivity index (χ0v) is 13.3. The number of nitrogens with zero attached hydrogens (tertiary/aromatic N) is 2. The van der Waals surface area contributed by atoms with Crippen molar-refractivity contribution in [3.63, 3.8) is 0 Å². The molecule has 5 heteroatoms. The number of ether oxygens (including phenoxy) is 2. The Balaban J connectivity index is 2.25. The van der Waals surface area contributed by atoms with Gasteiger partial charge in [-0.3, -0.25) is 4.68 Å². The van der Waals surface area contributed by atoms with Gasteiger partial charge >= 0.3 is 0 Å². The number of rotatable bonds is 8. The first kappa shape index (κ1) is 15.9. The highest BCUT2D eigenvalue weighted by Crippen LogP contribution is 2.20. The second kappa shape index (κ2) is 7.54. The average molecular weight is 291 g/mol. The van der Waals surface area contributed by atoms with E-state index in [1.54, 1.807) is 14.2 Å². The van der Waals surface area contributed by atoms with Gasteiger partial charge in [0.1, 0.15) is 0 Å². The minimum absolute atomic E-state index is 0.0817. The first-order valence-corrected chi connectivity index (χ1v) is 7.40. The van der Waals surface area contributed by atoms with Crippen LogP contribution >= 0.6 is 0 Å². The quantitative estimate of drug-likeness (QED) is 0.757. The van der Waals surface area contributed by atoms with E-state index in [1.807, 2.05) is 23.9 Å². The number of hydrogen-bond donors (Lipinski definition) is 1. The smallest absolute Gasteiger partial charge is 0.172 e. The average Bonchev–Trinajstić information content (AvgIpc) is 2.82. The molecule has 116 valence electrons. The van der Waals surface area contributed by atoms with Crippen LogP contribution in [0.4, 0.5) is 0 Å². The van der Waals surface area contributed by atoms with Gasteiger partial charge in [-0.1, -0.05) is 25.1 Å². The second-order valence-electron chi connectivity index (χ2n) is 5.19. The SMILES string of the molecule is CCCNC(Cc1nn(C)c2ccccc12)C(OC)OC. The molecule has 1 heterocycles. The Morgan fingerprint density at radius 1 is 1.24 bits per heavy atom. The zero-order chi connectivity index (χ0) is 15.2. The Hall–Kier alpha value is -1.43. The van der Waals surface area contributed by atoms with Crippen LogP contribution < -0.4 is 5.32 Å². The van der Waals surface area contributed by atoms with Gasteiger partial charge in [0.05, 0.1) is 17.3 Å². The highest BCUT2D eigenvalue weighted by molar-refractivity contribution is 5.81. The molecule has 21 heavy (non-hydrogen) atoms. The van der Waals surface area contributed by atoms with Gasteiger partial charge in [0.2, 0.25) is 0 Å². The Kier molecular flexibility index (Phi) is 5.73. The molecule has 2 aromatic rings. The molecule has 0 bridgehead atoms. The molecule has 5 nitrogen and oxygen atoms in total. The van der Waals surface area contributed by atoms with Crippen LogP contribution in [-0.2, 0) is 22.9 Å². The lowest BCUT2D eigenvalue weighted by atomic mass is 10.1. The lowest BCUT2D eigenvalue weighted by Crippen LogP contribution is -2.44. The van der Waals surface area contributed by atoms with Gasteiger partial charge in [-0.05, 0) is 19.0 Å². The van der Waals surface area contributed by atoms with Gasteiger partial charge in [-0.15, -0.1) is 0 Å². The fourth-order valence-electron chi connectivity index (χ4n) is 2.67. The Labute approximate surface area is 126 Å². The van der Waals surface area contributed by atoms with Crippen molar-refractivity contribution in [3.8, 4) is 0 Å². The fourth-order valence-corrected chi connectivity index (χ4v) is 2.67. The normalized spacial score (nSPS) is 13.2. The van der Waals surface area contributed by atoms with Crippen molar-refractivity contribution in [1.82, 2.24) is 15.1 Å². The van der Waals surface area contributed by atoms with Crippen LogP contribution in [0.25, 0.3) is 10.9 Å². The molecule has 0 saturated carbocycles. The molecule has 0 spiro atoms. The number of aromatic nitrogens is 2. The van der Waals surface area contributed by atoms with E-state index in [9.17, 15) is 0 Å². The van der Waals surface area contributed by atoms with Crippen LogP contribution in [-0.4, -0.2) is 42.9 Å².